The van der Waals surface area contributed by atoms with Gasteiger partial charge in [-0.25, -0.2) is 0 Å². The van der Waals surface area contributed by atoms with Crippen molar-refractivity contribution >= 4 is 0 Å². The summed E-state index contributed by atoms with van der Waals surface area (Å²) in [7, 11) is 0. The molecule has 1 N–H and O–H groups in total. The molecule has 1 fully saturated rings. The van der Waals surface area contributed by atoms with Gasteiger partial charge in [0.1, 0.15) is 0 Å². The molecule has 1 nitrogen and oxygen atoms in total. The molecule has 0 amide bonds. The van der Waals surface area contributed by atoms with Crippen LogP contribution in [0, 0.1) is 17.8 Å². The Labute approximate surface area is 102 Å². The first kappa shape index (κ1) is 13.8. The predicted octanol–water partition coefficient (Wildman–Crippen LogP) is 4.00. The standard InChI is InChI=1S/C15H29N/c1-12(2)16-10-6-5-7-15-9-8-13(3)14(4)11-15/h5,7,12-16H,6,8-11H2,1-4H3. The van der Waals surface area contributed by atoms with Gasteiger partial charge in [0.15, 0.2) is 0 Å². The molecule has 0 saturated heterocycles. The van der Waals surface area contributed by atoms with E-state index in [1.165, 1.54) is 25.7 Å². The van der Waals surface area contributed by atoms with E-state index in [0.717, 1.165) is 24.3 Å². The van der Waals surface area contributed by atoms with Crippen LogP contribution in [-0.4, -0.2) is 12.6 Å². The summed E-state index contributed by atoms with van der Waals surface area (Å²) >= 11 is 0. The van der Waals surface area contributed by atoms with Crippen LogP contribution in [0.3, 0.4) is 0 Å². The van der Waals surface area contributed by atoms with Crippen molar-refractivity contribution in [1.29, 1.82) is 0 Å². The summed E-state index contributed by atoms with van der Waals surface area (Å²) in [5.41, 5.74) is 0. The first-order valence-corrected chi connectivity index (χ1v) is 6.99. The van der Waals surface area contributed by atoms with Crippen LogP contribution in [0.1, 0.15) is 53.4 Å². The second kappa shape index (κ2) is 7.11. The molecule has 0 spiro atoms. The average molecular weight is 223 g/mol. The van der Waals surface area contributed by atoms with E-state index in [0.29, 0.717) is 6.04 Å². The lowest BCUT2D eigenvalue weighted by Gasteiger charge is -2.30. The van der Waals surface area contributed by atoms with Gasteiger partial charge in [-0.15, -0.1) is 0 Å². The maximum Gasteiger partial charge on any atom is 0.00105 e. The van der Waals surface area contributed by atoms with Gasteiger partial charge in [-0.2, -0.15) is 0 Å². The Hall–Kier alpha value is -0.300. The Morgan fingerprint density at radius 3 is 2.56 bits per heavy atom. The number of nitrogens with one attached hydrogen (secondary N) is 1. The molecule has 1 saturated carbocycles. The second-order valence-corrected chi connectivity index (χ2v) is 5.85. The van der Waals surface area contributed by atoms with Crippen molar-refractivity contribution in [3.05, 3.63) is 12.2 Å². The fourth-order valence-corrected chi connectivity index (χ4v) is 2.51. The van der Waals surface area contributed by atoms with Crippen LogP contribution in [0.15, 0.2) is 12.2 Å². The van der Waals surface area contributed by atoms with E-state index >= 15 is 0 Å². The van der Waals surface area contributed by atoms with Gasteiger partial charge < -0.3 is 5.32 Å². The molecule has 0 aromatic carbocycles. The molecule has 0 bridgehead atoms. The normalized spacial score (nSPS) is 31.4. The molecular weight excluding hydrogens is 194 g/mol. The van der Waals surface area contributed by atoms with Gasteiger partial charge in [-0.1, -0.05) is 39.8 Å². The first-order valence-electron chi connectivity index (χ1n) is 6.99. The lowest BCUT2D eigenvalue weighted by Crippen LogP contribution is -2.23. The number of hydrogen-bond acceptors (Lipinski definition) is 1. The van der Waals surface area contributed by atoms with Crippen molar-refractivity contribution < 1.29 is 0 Å². The van der Waals surface area contributed by atoms with E-state index in [4.69, 9.17) is 0 Å². The molecule has 0 radical (unpaired) electrons. The Bertz CT molecular complexity index is 207. The molecular formula is C15H29N. The monoisotopic (exact) mass is 223 g/mol. The van der Waals surface area contributed by atoms with Crippen LogP contribution in [0.4, 0.5) is 0 Å². The Kier molecular flexibility index (Phi) is 6.12. The highest BCUT2D eigenvalue weighted by molar-refractivity contribution is 4.92. The number of rotatable bonds is 5. The minimum Gasteiger partial charge on any atom is -0.314 e. The minimum absolute atomic E-state index is 0.615. The highest BCUT2D eigenvalue weighted by Gasteiger charge is 2.22. The van der Waals surface area contributed by atoms with Crippen LogP contribution in [0.25, 0.3) is 0 Å². The first-order chi connectivity index (χ1) is 7.59. The van der Waals surface area contributed by atoms with Crippen LogP contribution >= 0.6 is 0 Å². The summed E-state index contributed by atoms with van der Waals surface area (Å²) in [6.45, 7) is 10.3. The van der Waals surface area contributed by atoms with Crippen molar-refractivity contribution in [2.24, 2.45) is 17.8 Å². The van der Waals surface area contributed by atoms with Gasteiger partial charge in [0.25, 0.3) is 0 Å². The van der Waals surface area contributed by atoms with Crippen molar-refractivity contribution in [3.8, 4) is 0 Å². The Morgan fingerprint density at radius 1 is 1.19 bits per heavy atom. The van der Waals surface area contributed by atoms with E-state index in [2.05, 4.69) is 45.2 Å². The average Bonchev–Trinajstić information content (AvgIpc) is 2.22. The van der Waals surface area contributed by atoms with Gasteiger partial charge in [0.2, 0.25) is 0 Å². The van der Waals surface area contributed by atoms with Gasteiger partial charge in [-0.3, -0.25) is 0 Å². The van der Waals surface area contributed by atoms with Crippen LogP contribution in [-0.2, 0) is 0 Å². The van der Waals surface area contributed by atoms with E-state index in [1.807, 2.05) is 0 Å². The fraction of sp³-hybridized carbons (Fsp3) is 0.867. The molecule has 16 heavy (non-hydrogen) atoms. The molecule has 94 valence electrons. The van der Waals surface area contributed by atoms with Crippen LogP contribution < -0.4 is 5.32 Å². The Balaban J connectivity index is 2.14. The molecule has 0 aromatic rings. The topological polar surface area (TPSA) is 12.0 Å². The summed E-state index contributed by atoms with van der Waals surface area (Å²) in [5, 5.41) is 3.45. The highest BCUT2D eigenvalue weighted by Crippen LogP contribution is 2.33. The third-order valence-corrected chi connectivity index (χ3v) is 3.91. The lowest BCUT2D eigenvalue weighted by molar-refractivity contribution is 0.236. The number of hydrogen-bond donors (Lipinski definition) is 1. The molecule has 1 aliphatic carbocycles. The maximum absolute atomic E-state index is 3.45. The van der Waals surface area contributed by atoms with Gasteiger partial charge in [0, 0.05) is 6.04 Å². The smallest absolute Gasteiger partial charge is 0.00105 e. The Morgan fingerprint density at radius 2 is 1.94 bits per heavy atom. The third-order valence-electron chi connectivity index (χ3n) is 3.91. The fourth-order valence-electron chi connectivity index (χ4n) is 2.51. The zero-order chi connectivity index (χ0) is 12.0. The molecule has 0 aromatic heterocycles. The highest BCUT2D eigenvalue weighted by atomic mass is 14.9. The SMILES string of the molecule is CC(C)NCCC=CC1CCC(C)C(C)C1. The summed E-state index contributed by atoms with van der Waals surface area (Å²) in [5.74, 6) is 2.70. The molecule has 0 aliphatic heterocycles. The predicted molar refractivity (Wildman–Crippen MR) is 72.6 cm³/mol. The molecule has 3 atom stereocenters. The largest absolute Gasteiger partial charge is 0.314 e. The maximum atomic E-state index is 3.45. The van der Waals surface area contributed by atoms with E-state index < -0.39 is 0 Å². The van der Waals surface area contributed by atoms with Crippen molar-refractivity contribution in [1.82, 2.24) is 5.32 Å². The summed E-state index contributed by atoms with van der Waals surface area (Å²) in [6, 6.07) is 0.615. The van der Waals surface area contributed by atoms with Gasteiger partial charge >= 0.3 is 0 Å². The number of allylic oxidation sites excluding steroid dienone is 1. The van der Waals surface area contributed by atoms with Crippen molar-refractivity contribution in [2.75, 3.05) is 6.54 Å². The van der Waals surface area contributed by atoms with E-state index in [1.54, 1.807) is 0 Å². The van der Waals surface area contributed by atoms with Gasteiger partial charge in [-0.05, 0) is 50.0 Å². The zero-order valence-corrected chi connectivity index (χ0v) is 11.5. The summed E-state index contributed by atoms with van der Waals surface area (Å²) in [4.78, 5) is 0. The van der Waals surface area contributed by atoms with Crippen molar-refractivity contribution in [3.63, 3.8) is 0 Å². The van der Waals surface area contributed by atoms with Crippen LogP contribution in [0.5, 0.6) is 0 Å². The third kappa shape index (κ3) is 5.16. The summed E-state index contributed by atoms with van der Waals surface area (Å²) < 4.78 is 0. The minimum atomic E-state index is 0.615. The molecule has 1 heteroatoms. The van der Waals surface area contributed by atoms with Crippen molar-refractivity contribution in [2.45, 2.75) is 59.4 Å². The molecule has 3 unspecified atom stereocenters. The second-order valence-electron chi connectivity index (χ2n) is 5.85. The molecule has 1 rings (SSSR count). The summed E-state index contributed by atoms with van der Waals surface area (Å²) in [6.07, 6.45) is 10.2. The zero-order valence-electron chi connectivity index (χ0n) is 11.5. The molecule has 1 aliphatic rings. The van der Waals surface area contributed by atoms with Crippen LogP contribution in [0.2, 0.25) is 0 Å². The lowest BCUT2D eigenvalue weighted by atomic mass is 9.76. The van der Waals surface area contributed by atoms with E-state index in [9.17, 15) is 0 Å². The quantitative estimate of drug-likeness (QED) is 0.548. The molecule has 0 heterocycles. The van der Waals surface area contributed by atoms with Gasteiger partial charge in [0.05, 0.1) is 0 Å². The van der Waals surface area contributed by atoms with E-state index in [-0.39, 0.29) is 0 Å².